The predicted molar refractivity (Wildman–Crippen MR) is 75.1 cm³/mol. The van der Waals surface area contributed by atoms with Gasteiger partial charge in [-0.1, -0.05) is 11.6 Å². The van der Waals surface area contributed by atoms with E-state index in [9.17, 15) is 5.11 Å². The SMILES string of the molecule is COCCn1ncc(Br)c1C(O)c1ccncc1Cl. The first-order valence-corrected chi connectivity index (χ1v) is 6.80. The Hall–Kier alpha value is -0.950. The third-order valence-corrected chi connectivity index (χ3v) is 3.62. The third-order valence-electron chi connectivity index (χ3n) is 2.70. The van der Waals surface area contributed by atoms with E-state index in [2.05, 4.69) is 26.0 Å². The minimum absolute atomic E-state index is 0.418. The molecule has 0 radical (unpaired) electrons. The Balaban J connectivity index is 2.35. The van der Waals surface area contributed by atoms with Gasteiger partial charge < -0.3 is 9.84 Å². The zero-order valence-electron chi connectivity index (χ0n) is 10.3. The van der Waals surface area contributed by atoms with Crippen LogP contribution in [0, 0.1) is 0 Å². The summed E-state index contributed by atoms with van der Waals surface area (Å²) in [7, 11) is 1.62. The standard InChI is InChI=1S/C12H13BrClN3O2/c1-19-5-4-17-11(9(13)6-16-17)12(18)8-2-3-15-7-10(8)14/h2-3,6-7,12,18H,4-5H2,1H3. The minimum Gasteiger partial charge on any atom is -0.383 e. The van der Waals surface area contributed by atoms with Crippen molar-refractivity contribution in [1.29, 1.82) is 0 Å². The molecule has 2 rings (SSSR count). The molecule has 2 aromatic heterocycles. The Morgan fingerprint density at radius 3 is 3.00 bits per heavy atom. The van der Waals surface area contributed by atoms with E-state index in [-0.39, 0.29) is 0 Å². The van der Waals surface area contributed by atoms with Crippen LogP contribution in [-0.2, 0) is 11.3 Å². The van der Waals surface area contributed by atoms with Crippen LogP contribution in [0.4, 0.5) is 0 Å². The van der Waals surface area contributed by atoms with Gasteiger partial charge in [0.1, 0.15) is 6.10 Å². The molecule has 0 aliphatic rings. The first-order valence-electron chi connectivity index (χ1n) is 5.62. The lowest BCUT2D eigenvalue weighted by molar-refractivity contribution is 0.171. The third kappa shape index (κ3) is 3.14. The molecule has 102 valence electrons. The number of nitrogens with zero attached hydrogens (tertiary/aromatic N) is 3. The molecular formula is C12H13BrClN3O2. The van der Waals surface area contributed by atoms with Gasteiger partial charge in [-0.2, -0.15) is 5.10 Å². The van der Waals surface area contributed by atoms with Crippen LogP contribution in [0.15, 0.2) is 29.1 Å². The van der Waals surface area contributed by atoms with Crippen LogP contribution in [0.5, 0.6) is 0 Å². The van der Waals surface area contributed by atoms with Gasteiger partial charge in [0.05, 0.1) is 34.5 Å². The van der Waals surface area contributed by atoms with E-state index in [4.69, 9.17) is 16.3 Å². The summed E-state index contributed by atoms with van der Waals surface area (Å²) in [5.74, 6) is 0. The summed E-state index contributed by atoms with van der Waals surface area (Å²) < 4.78 is 7.44. The molecule has 0 aromatic carbocycles. The lowest BCUT2D eigenvalue weighted by Gasteiger charge is -2.15. The first kappa shape index (κ1) is 14.5. The van der Waals surface area contributed by atoms with Crippen molar-refractivity contribution in [3.05, 3.63) is 45.4 Å². The number of pyridine rings is 1. The number of hydrogen-bond donors (Lipinski definition) is 1. The topological polar surface area (TPSA) is 60.2 Å². The molecule has 7 heteroatoms. The second kappa shape index (κ2) is 6.47. The maximum absolute atomic E-state index is 10.5. The molecule has 2 heterocycles. The highest BCUT2D eigenvalue weighted by Gasteiger charge is 2.21. The van der Waals surface area contributed by atoms with Gasteiger partial charge in [0.15, 0.2) is 0 Å². The fraction of sp³-hybridized carbons (Fsp3) is 0.333. The molecule has 0 spiro atoms. The molecular weight excluding hydrogens is 334 g/mol. The summed E-state index contributed by atoms with van der Waals surface area (Å²) in [4.78, 5) is 3.91. The predicted octanol–water partition coefficient (Wildman–Crippen LogP) is 2.42. The van der Waals surface area contributed by atoms with Crippen molar-refractivity contribution in [3.63, 3.8) is 0 Å². The second-order valence-corrected chi connectivity index (χ2v) is 5.15. The summed E-state index contributed by atoms with van der Waals surface area (Å²) in [6, 6.07) is 1.69. The average Bonchev–Trinajstić information content (AvgIpc) is 2.77. The molecule has 0 aliphatic carbocycles. The van der Waals surface area contributed by atoms with Crippen LogP contribution >= 0.6 is 27.5 Å². The van der Waals surface area contributed by atoms with Gasteiger partial charge in [0, 0.05) is 25.1 Å². The Kier molecular flexibility index (Phi) is 4.93. The van der Waals surface area contributed by atoms with Crippen molar-refractivity contribution in [2.45, 2.75) is 12.6 Å². The number of aromatic nitrogens is 3. The molecule has 0 bridgehead atoms. The minimum atomic E-state index is -0.871. The summed E-state index contributed by atoms with van der Waals surface area (Å²) in [6.07, 6.45) is 3.87. The quantitative estimate of drug-likeness (QED) is 0.903. The highest BCUT2D eigenvalue weighted by atomic mass is 79.9. The van der Waals surface area contributed by atoms with E-state index in [1.807, 2.05) is 0 Å². The normalized spacial score (nSPS) is 12.6. The van der Waals surface area contributed by atoms with Gasteiger partial charge in [-0.25, -0.2) is 0 Å². The Morgan fingerprint density at radius 1 is 1.53 bits per heavy atom. The van der Waals surface area contributed by atoms with Gasteiger partial charge in [-0.05, 0) is 22.0 Å². The van der Waals surface area contributed by atoms with Crippen LogP contribution in [0.3, 0.4) is 0 Å². The van der Waals surface area contributed by atoms with Gasteiger partial charge in [0.2, 0.25) is 0 Å². The average molecular weight is 347 g/mol. The van der Waals surface area contributed by atoms with E-state index < -0.39 is 6.10 Å². The molecule has 19 heavy (non-hydrogen) atoms. The fourth-order valence-electron chi connectivity index (χ4n) is 1.75. The molecule has 0 saturated heterocycles. The van der Waals surface area contributed by atoms with Gasteiger partial charge >= 0.3 is 0 Å². The molecule has 0 fully saturated rings. The monoisotopic (exact) mass is 345 g/mol. The van der Waals surface area contributed by atoms with Crippen molar-refractivity contribution in [3.8, 4) is 0 Å². The highest BCUT2D eigenvalue weighted by molar-refractivity contribution is 9.10. The number of aliphatic hydroxyl groups is 1. The molecule has 1 atom stereocenters. The summed E-state index contributed by atoms with van der Waals surface area (Å²) in [6.45, 7) is 1.06. The number of methoxy groups -OCH3 is 1. The lowest BCUT2D eigenvalue weighted by Crippen LogP contribution is -2.14. The number of ether oxygens (including phenoxy) is 1. The number of hydrogen-bond acceptors (Lipinski definition) is 4. The molecule has 1 unspecified atom stereocenters. The zero-order valence-corrected chi connectivity index (χ0v) is 12.6. The van der Waals surface area contributed by atoms with Crippen molar-refractivity contribution in [2.75, 3.05) is 13.7 Å². The number of rotatable bonds is 5. The lowest BCUT2D eigenvalue weighted by atomic mass is 10.1. The first-order chi connectivity index (χ1) is 9.15. The largest absolute Gasteiger partial charge is 0.383 e. The van der Waals surface area contributed by atoms with Gasteiger partial charge in [-0.15, -0.1) is 0 Å². The van der Waals surface area contributed by atoms with Crippen LogP contribution < -0.4 is 0 Å². The second-order valence-electron chi connectivity index (χ2n) is 3.89. The number of aliphatic hydroxyl groups excluding tert-OH is 1. The zero-order chi connectivity index (χ0) is 13.8. The van der Waals surface area contributed by atoms with Gasteiger partial charge in [0.25, 0.3) is 0 Å². The Morgan fingerprint density at radius 2 is 2.32 bits per heavy atom. The van der Waals surface area contributed by atoms with Crippen LogP contribution in [-0.4, -0.2) is 33.6 Å². The smallest absolute Gasteiger partial charge is 0.123 e. The Bertz CT molecular complexity index is 562. The maximum atomic E-state index is 10.5. The maximum Gasteiger partial charge on any atom is 0.123 e. The highest BCUT2D eigenvalue weighted by Crippen LogP contribution is 2.31. The Labute approximate surface area is 124 Å². The summed E-state index contributed by atoms with van der Waals surface area (Å²) in [5.41, 5.74) is 1.24. The number of halogens is 2. The van der Waals surface area contributed by atoms with E-state index in [1.165, 1.54) is 6.20 Å². The molecule has 1 N–H and O–H groups in total. The fourth-order valence-corrected chi connectivity index (χ4v) is 2.49. The van der Waals surface area contributed by atoms with Crippen LogP contribution in [0.1, 0.15) is 17.4 Å². The molecule has 0 aliphatic heterocycles. The molecule has 5 nitrogen and oxygen atoms in total. The van der Waals surface area contributed by atoms with E-state index >= 15 is 0 Å². The van der Waals surface area contributed by atoms with Gasteiger partial charge in [-0.3, -0.25) is 9.67 Å². The summed E-state index contributed by atoms with van der Waals surface area (Å²) >= 11 is 9.44. The van der Waals surface area contributed by atoms with E-state index in [0.717, 1.165) is 4.47 Å². The summed E-state index contributed by atoms with van der Waals surface area (Å²) in [5, 5.41) is 15.1. The molecule has 0 saturated carbocycles. The van der Waals surface area contributed by atoms with Crippen molar-refractivity contribution in [1.82, 2.24) is 14.8 Å². The molecule has 2 aromatic rings. The van der Waals surface area contributed by atoms with E-state index in [1.54, 1.807) is 30.3 Å². The van der Waals surface area contributed by atoms with Crippen molar-refractivity contribution in [2.24, 2.45) is 0 Å². The van der Waals surface area contributed by atoms with Crippen molar-refractivity contribution >= 4 is 27.5 Å². The molecule has 0 amide bonds. The van der Waals surface area contributed by atoms with Crippen LogP contribution in [0.2, 0.25) is 5.02 Å². The van der Waals surface area contributed by atoms with Crippen LogP contribution in [0.25, 0.3) is 0 Å². The van der Waals surface area contributed by atoms with E-state index in [0.29, 0.717) is 29.4 Å². The van der Waals surface area contributed by atoms with Crippen molar-refractivity contribution < 1.29 is 9.84 Å².